The van der Waals surface area contributed by atoms with Crippen molar-refractivity contribution in [3.8, 4) is 0 Å². The van der Waals surface area contributed by atoms with Gasteiger partial charge in [0.15, 0.2) is 0 Å². The zero-order chi connectivity index (χ0) is 33.4. The van der Waals surface area contributed by atoms with Crippen LogP contribution in [0, 0.1) is 19.8 Å². The fraction of sp³-hybridized carbons (Fsp3) is 0.300. The summed E-state index contributed by atoms with van der Waals surface area (Å²) in [7, 11) is 0. The molecule has 0 bridgehead atoms. The number of benzene rings is 3. The number of aryl methyl sites for hydroxylation is 3. The van der Waals surface area contributed by atoms with Crippen molar-refractivity contribution in [1.29, 1.82) is 0 Å². The number of imidazole rings is 2. The van der Waals surface area contributed by atoms with Crippen LogP contribution in [-0.4, -0.2) is 33.9 Å². The van der Waals surface area contributed by atoms with E-state index in [1.807, 2.05) is 75.1 Å². The van der Waals surface area contributed by atoms with Gasteiger partial charge in [0.05, 0.1) is 6.54 Å². The summed E-state index contributed by atoms with van der Waals surface area (Å²) in [5, 5.41) is 10.5. The minimum Gasteiger partial charge on any atom is -0.331 e. The summed E-state index contributed by atoms with van der Waals surface area (Å²) in [4.78, 5) is 8.55. The van der Waals surface area contributed by atoms with Gasteiger partial charge in [-0.25, -0.2) is 9.97 Å². The molecule has 0 saturated heterocycles. The zero-order valence-corrected chi connectivity index (χ0v) is 28.8. The van der Waals surface area contributed by atoms with Crippen molar-refractivity contribution in [2.45, 2.75) is 74.0 Å². The quantitative estimate of drug-likeness (QED) is 0.191. The first-order valence-electron chi connectivity index (χ1n) is 16.7. The molecule has 0 radical (unpaired) electrons. The summed E-state index contributed by atoms with van der Waals surface area (Å²) >= 11 is 0. The zero-order valence-electron chi connectivity index (χ0n) is 28.8. The largest absolute Gasteiger partial charge is 0.331 e. The van der Waals surface area contributed by atoms with E-state index in [1.165, 1.54) is 27.1 Å². The van der Waals surface area contributed by atoms with E-state index in [2.05, 4.69) is 116 Å². The first-order valence-corrected chi connectivity index (χ1v) is 16.7. The summed E-state index contributed by atoms with van der Waals surface area (Å²) < 4.78 is 6.39. The minimum atomic E-state index is 0.665. The molecule has 0 spiro atoms. The molecule has 6 aromatic rings. The van der Waals surface area contributed by atoms with Crippen molar-refractivity contribution in [2.24, 2.45) is 5.92 Å². The van der Waals surface area contributed by atoms with Gasteiger partial charge in [0, 0.05) is 44.3 Å². The minimum absolute atomic E-state index is 0.665. The van der Waals surface area contributed by atoms with Gasteiger partial charge in [0.25, 0.3) is 0 Å². The van der Waals surface area contributed by atoms with Crippen LogP contribution in [0.2, 0.25) is 0 Å². The van der Waals surface area contributed by atoms with E-state index in [-0.39, 0.29) is 0 Å². The second-order valence-corrected chi connectivity index (χ2v) is 11.5. The maximum Gasteiger partial charge on any atom is 0.129 e. The lowest BCUT2D eigenvalue weighted by Gasteiger charge is -2.10. The van der Waals surface area contributed by atoms with Crippen molar-refractivity contribution in [1.82, 2.24) is 33.9 Å². The third-order valence-electron chi connectivity index (χ3n) is 7.92. The van der Waals surface area contributed by atoms with Crippen molar-refractivity contribution >= 4 is 12.2 Å². The van der Waals surface area contributed by atoms with E-state index < -0.39 is 0 Å². The van der Waals surface area contributed by atoms with Crippen molar-refractivity contribution in [3.05, 3.63) is 155 Å². The fourth-order valence-corrected chi connectivity index (χ4v) is 5.33. The Morgan fingerprint density at radius 1 is 0.681 bits per heavy atom. The van der Waals surface area contributed by atoms with Gasteiger partial charge in [-0.2, -0.15) is 0 Å². The lowest BCUT2D eigenvalue weighted by Crippen LogP contribution is -2.29. The van der Waals surface area contributed by atoms with Crippen LogP contribution < -0.4 is 10.4 Å². The lowest BCUT2D eigenvalue weighted by molar-refractivity contribution is 0.731. The third kappa shape index (κ3) is 10.5. The van der Waals surface area contributed by atoms with Gasteiger partial charge in [0.2, 0.25) is 0 Å². The van der Waals surface area contributed by atoms with E-state index in [1.54, 1.807) is 6.33 Å². The highest BCUT2D eigenvalue weighted by Gasteiger charge is 2.05. The Morgan fingerprint density at radius 3 is 1.89 bits per heavy atom. The number of fused-ring (bicyclic) bond motifs is 1. The molecule has 0 amide bonds. The van der Waals surface area contributed by atoms with E-state index >= 15 is 0 Å². The molecule has 0 N–H and O–H groups in total. The monoisotopic (exact) mass is 627 g/mol. The van der Waals surface area contributed by atoms with Gasteiger partial charge in [-0.1, -0.05) is 113 Å². The highest BCUT2D eigenvalue weighted by Crippen LogP contribution is 2.09. The molecule has 0 fully saturated rings. The van der Waals surface area contributed by atoms with Gasteiger partial charge < -0.3 is 13.7 Å². The Morgan fingerprint density at radius 2 is 1.30 bits per heavy atom. The van der Waals surface area contributed by atoms with Gasteiger partial charge in [-0.3, -0.25) is 0 Å². The first kappa shape index (κ1) is 34.8. The summed E-state index contributed by atoms with van der Waals surface area (Å²) in [6.45, 7) is 15.1. The fourth-order valence-electron chi connectivity index (χ4n) is 5.33. The maximum absolute atomic E-state index is 4.38. The highest BCUT2D eigenvalue weighted by atomic mass is 15.3. The van der Waals surface area contributed by atoms with Crippen LogP contribution in [0.5, 0.6) is 0 Å². The molecule has 7 heteroatoms. The number of rotatable bonds is 7. The molecule has 7 rings (SSSR count). The molecule has 1 aliphatic carbocycles. The first-order chi connectivity index (χ1) is 23.0. The molecule has 0 saturated carbocycles. The van der Waals surface area contributed by atoms with Crippen molar-refractivity contribution < 1.29 is 0 Å². The Labute approximate surface area is 280 Å². The maximum atomic E-state index is 4.38. The number of aromatic nitrogens is 7. The van der Waals surface area contributed by atoms with Crippen LogP contribution >= 0.6 is 0 Å². The molecule has 0 aliphatic heterocycles. The SMILES string of the molecule is CC.CCc1nccn1Cc1ccc2c(c1)=CCC(C)C=2.Cc1nccn1Cc1ccccc1.Cc1nncn1Cc1ccccc1. The smallest absolute Gasteiger partial charge is 0.129 e. The normalized spacial score (nSPS) is 12.9. The van der Waals surface area contributed by atoms with Crippen molar-refractivity contribution in [2.75, 3.05) is 0 Å². The Hall–Kier alpha value is -5.04. The summed E-state index contributed by atoms with van der Waals surface area (Å²) in [5.41, 5.74) is 3.93. The molecule has 3 aromatic carbocycles. The van der Waals surface area contributed by atoms with E-state index in [0.29, 0.717) is 5.92 Å². The molecule has 1 atom stereocenters. The number of hydrogen-bond donors (Lipinski definition) is 0. The van der Waals surface area contributed by atoms with Crippen LogP contribution in [0.1, 0.15) is 68.3 Å². The molecule has 244 valence electrons. The summed E-state index contributed by atoms with van der Waals surface area (Å²) in [6, 6.07) is 27.5. The van der Waals surface area contributed by atoms with E-state index in [4.69, 9.17) is 0 Å². The van der Waals surface area contributed by atoms with Crippen LogP contribution in [0.15, 0.2) is 110 Å². The summed E-state index contributed by atoms with van der Waals surface area (Å²) in [5.74, 6) is 3.83. The highest BCUT2D eigenvalue weighted by molar-refractivity contribution is 5.41. The van der Waals surface area contributed by atoms with Gasteiger partial charge >= 0.3 is 0 Å². The lowest BCUT2D eigenvalue weighted by atomic mass is 9.98. The average molecular weight is 628 g/mol. The van der Waals surface area contributed by atoms with Crippen LogP contribution in [0.25, 0.3) is 12.2 Å². The van der Waals surface area contributed by atoms with Gasteiger partial charge in [0.1, 0.15) is 23.8 Å². The van der Waals surface area contributed by atoms with Crippen LogP contribution in [0.4, 0.5) is 0 Å². The Kier molecular flexibility index (Phi) is 13.5. The number of hydrogen-bond acceptors (Lipinski definition) is 4. The second kappa shape index (κ2) is 18.2. The van der Waals surface area contributed by atoms with Crippen LogP contribution in [-0.2, 0) is 26.1 Å². The third-order valence-corrected chi connectivity index (χ3v) is 7.92. The molecule has 47 heavy (non-hydrogen) atoms. The number of nitrogens with zero attached hydrogens (tertiary/aromatic N) is 7. The molecule has 3 heterocycles. The molecular formula is C40H49N7. The standard InChI is InChI=1S/C17H20N2.C11H12N2.C10H11N3.C2H6/c1-3-17-18-8-9-19(17)12-14-5-7-15-10-13(2)4-6-16(15)11-14;1-10-12-7-8-13(10)9-11-5-3-2-4-6-11;1-9-12-11-8-13(9)7-10-5-3-2-4-6-10;1-2/h5-11,13H,3-4,12H2,1-2H3;2-8H,9H2,1H3;2-6,8H,7H2,1H3;1-2H3. The van der Waals surface area contributed by atoms with E-state index in [0.717, 1.165) is 49.9 Å². The molecule has 7 nitrogen and oxygen atoms in total. The molecule has 1 unspecified atom stereocenters. The topological polar surface area (TPSA) is 66.3 Å². The van der Waals surface area contributed by atoms with E-state index in [9.17, 15) is 0 Å². The predicted molar refractivity (Wildman–Crippen MR) is 193 cm³/mol. The molecule has 1 aliphatic rings. The van der Waals surface area contributed by atoms with Gasteiger partial charge in [-0.05, 0) is 59.4 Å². The average Bonchev–Trinajstić information content (AvgIpc) is 3.85. The predicted octanol–water partition coefficient (Wildman–Crippen LogP) is 7.00. The van der Waals surface area contributed by atoms with Crippen LogP contribution in [0.3, 0.4) is 0 Å². The van der Waals surface area contributed by atoms with Gasteiger partial charge in [-0.15, -0.1) is 10.2 Å². The Bertz CT molecular complexity index is 1800. The van der Waals surface area contributed by atoms with Crippen molar-refractivity contribution in [3.63, 3.8) is 0 Å². The Balaban J connectivity index is 0.000000160. The molecule has 3 aromatic heterocycles. The molecular weight excluding hydrogens is 578 g/mol. The summed E-state index contributed by atoms with van der Waals surface area (Å²) in [6.07, 6.45) is 16.4. The second-order valence-electron chi connectivity index (χ2n) is 11.5.